The number of alkyl halides is 3. The van der Waals surface area contributed by atoms with Crippen LogP contribution in [0.2, 0.25) is 0 Å². The van der Waals surface area contributed by atoms with Crippen molar-refractivity contribution in [1.82, 2.24) is 25.1 Å². The highest BCUT2D eigenvalue weighted by Crippen LogP contribution is 2.33. The number of fused-ring (bicyclic) bond motifs is 3. The first-order valence-corrected chi connectivity index (χ1v) is 11.2. The van der Waals surface area contributed by atoms with Crippen LogP contribution in [0.15, 0.2) is 29.1 Å². The number of nitrogens with zero attached hydrogens (tertiary/aromatic N) is 5. The van der Waals surface area contributed by atoms with E-state index in [1.54, 1.807) is 6.07 Å². The predicted octanol–water partition coefficient (Wildman–Crippen LogP) is 3.15. The highest BCUT2D eigenvalue weighted by atomic mass is 19.4. The molecule has 2 aliphatic heterocycles. The van der Waals surface area contributed by atoms with Crippen molar-refractivity contribution in [2.45, 2.75) is 63.5 Å². The average molecular weight is 474 g/mol. The fraction of sp³-hybridized carbons (Fsp3) is 0.478. The lowest BCUT2D eigenvalue weighted by atomic mass is 9.98. The molecule has 2 N–H and O–H groups in total. The molecule has 180 valence electrons. The SMILES string of the molecule is Cc1nc2cc(-c3ccc(N(C)C4CC5CCC(C4)N5)nn3)c(O)cc2c(=O)n1CC(F)(F)F. The molecule has 4 heterocycles. The number of halogens is 3. The van der Waals surface area contributed by atoms with Gasteiger partial charge in [-0.2, -0.15) is 13.2 Å². The van der Waals surface area contributed by atoms with E-state index in [1.165, 1.54) is 25.8 Å². The van der Waals surface area contributed by atoms with Gasteiger partial charge in [0.05, 0.1) is 16.6 Å². The Bertz CT molecular complexity index is 1280. The van der Waals surface area contributed by atoms with Gasteiger partial charge in [0, 0.05) is 30.7 Å². The molecule has 0 aliphatic carbocycles. The van der Waals surface area contributed by atoms with Crippen molar-refractivity contribution in [3.8, 4) is 17.0 Å². The van der Waals surface area contributed by atoms with Crippen LogP contribution >= 0.6 is 0 Å². The van der Waals surface area contributed by atoms with Crippen molar-refractivity contribution in [3.63, 3.8) is 0 Å². The van der Waals surface area contributed by atoms with Crippen LogP contribution < -0.4 is 15.8 Å². The molecule has 8 nitrogen and oxygen atoms in total. The van der Waals surface area contributed by atoms with Crippen molar-refractivity contribution in [3.05, 3.63) is 40.4 Å². The Balaban J connectivity index is 1.44. The van der Waals surface area contributed by atoms with Crippen LogP contribution in [-0.2, 0) is 6.54 Å². The Morgan fingerprint density at radius 2 is 1.88 bits per heavy atom. The van der Waals surface area contributed by atoms with E-state index in [-0.39, 0.29) is 22.5 Å². The van der Waals surface area contributed by atoms with Gasteiger partial charge in [0.1, 0.15) is 18.1 Å². The van der Waals surface area contributed by atoms with Gasteiger partial charge in [-0.1, -0.05) is 0 Å². The van der Waals surface area contributed by atoms with Crippen molar-refractivity contribution in [1.29, 1.82) is 0 Å². The summed E-state index contributed by atoms with van der Waals surface area (Å²) in [6.45, 7) is -0.0986. The van der Waals surface area contributed by atoms with Crippen LogP contribution in [-0.4, -0.2) is 56.2 Å². The summed E-state index contributed by atoms with van der Waals surface area (Å²) >= 11 is 0. The minimum Gasteiger partial charge on any atom is -0.507 e. The number of hydrogen-bond donors (Lipinski definition) is 2. The number of phenols is 1. The third-order valence-electron chi connectivity index (χ3n) is 6.88. The number of piperidine rings is 1. The van der Waals surface area contributed by atoms with Crippen LogP contribution in [0.1, 0.15) is 31.5 Å². The summed E-state index contributed by atoms with van der Waals surface area (Å²) in [6.07, 6.45) is -0.0486. The van der Waals surface area contributed by atoms with Crippen molar-refractivity contribution in [2.24, 2.45) is 0 Å². The smallest absolute Gasteiger partial charge is 0.406 e. The maximum atomic E-state index is 12.9. The number of phenolic OH excluding ortho intramolecular Hbond substituents is 1. The Kier molecular flexibility index (Phi) is 5.46. The second kappa shape index (κ2) is 8.23. The van der Waals surface area contributed by atoms with Gasteiger partial charge in [0.2, 0.25) is 0 Å². The average Bonchev–Trinajstić information content (AvgIpc) is 3.13. The minimum atomic E-state index is -4.57. The monoisotopic (exact) mass is 474 g/mol. The lowest BCUT2D eigenvalue weighted by Gasteiger charge is -2.36. The lowest BCUT2D eigenvalue weighted by Crippen LogP contribution is -2.47. The van der Waals surface area contributed by atoms with Crippen LogP contribution in [0.25, 0.3) is 22.2 Å². The molecular formula is C23H25F3N6O2. The maximum Gasteiger partial charge on any atom is 0.406 e. The zero-order valence-electron chi connectivity index (χ0n) is 18.8. The number of rotatable bonds is 4. The quantitative estimate of drug-likeness (QED) is 0.600. The standard InChI is InChI=1S/C23H25F3N6O2/c1-12-27-19-9-16(20(33)10-17(19)22(34)32(12)11-23(24,25)26)18-5-6-21(30-29-18)31(2)15-7-13-3-4-14(8-15)28-13/h5-6,9-10,13-15,28,33H,3-4,7-8,11H2,1-2H3. The summed E-state index contributed by atoms with van der Waals surface area (Å²) in [6, 6.07) is 7.62. The molecule has 1 aromatic carbocycles. The van der Waals surface area contributed by atoms with Gasteiger partial charge in [-0.25, -0.2) is 4.98 Å². The molecule has 2 fully saturated rings. The van der Waals surface area contributed by atoms with Gasteiger partial charge in [0.15, 0.2) is 5.82 Å². The molecule has 2 bridgehead atoms. The zero-order valence-corrected chi connectivity index (χ0v) is 18.8. The van der Waals surface area contributed by atoms with Gasteiger partial charge in [-0.05, 0) is 56.9 Å². The molecule has 0 amide bonds. The van der Waals surface area contributed by atoms with E-state index in [2.05, 4.69) is 25.4 Å². The molecule has 2 saturated heterocycles. The molecule has 0 saturated carbocycles. The van der Waals surface area contributed by atoms with Crippen molar-refractivity contribution < 1.29 is 18.3 Å². The van der Waals surface area contributed by atoms with Crippen LogP contribution in [0.3, 0.4) is 0 Å². The van der Waals surface area contributed by atoms with E-state index in [0.717, 1.165) is 24.7 Å². The second-order valence-corrected chi connectivity index (χ2v) is 9.20. The summed E-state index contributed by atoms with van der Waals surface area (Å²) in [4.78, 5) is 18.9. The first kappa shape index (κ1) is 22.6. The third-order valence-corrected chi connectivity index (χ3v) is 6.88. The Labute approximate surface area is 193 Å². The molecule has 3 aromatic rings. The van der Waals surface area contributed by atoms with Gasteiger partial charge < -0.3 is 15.3 Å². The molecule has 5 rings (SSSR count). The fourth-order valence-corrected chi connectivity index (χ4v) is 5.13. The first-order valence-electron chi connectivity index (χ1n) is 11.2. The van der Waals surface area contributed by atoms with E-state index >= 15 is 0 Å². The van der Waals surface area contributed by atoms with Crippen LogP contribution in [0, 0.1) is 6.92 Å². The number of aromatic nitrogens is 4. The highest BCUT2D eigenvalue weighted by molar-refractivity contribution is 5.86. The summed E-state index contributed by atoms with van der Waals surface area (Å²) in [7, 11) is 2.01. The molecule has 2 atom stereocenters. The normalized spacial score (nSPS) is 22.3. The van der Waals surface area contributed by atoms with Gasteiger partial charge in [-0.15, -0.1) is 10.2 Å². The number of aromatic hydroxyl groups is 1. The third kappa shape index (κ3) is 4.20. The summed E-state index contributed by atoms with van der Waals surface area (Å²) in [5.41, 5.74) is -0.00240. The summed E-state index contributed by atoms with van der Waals surface area (Å²) < 4.78 is 39.1. The maximum absolute atomic E-state index is 12.9. The van der Waals surface area contributed by atoms with Crippen LogP contribution in [0.4, 0.5) is 19.0 Å². The number of benzene rings is 1. The fourth-order valence-electron chi connectivity index (χ4n) is 5.13. The van der Waals surface area contributed by atoms with E-state index in [0.29, 0.717) is 34.0 Å². The first-order chi connectivity index (χ1) is 16.1. The largest absolute Gasteiger partial charge is 0.507 e. The highest BCUT2D eigenvalue weighted by Gasteiger charge is 2.35. The number of nitrogens with one attached hydrogen (secondary N) is 1. The Morgan fingerprint density at radius 3 is 2.50 bits per heavy atom. The molecule has 0 spiro atoms. The van der Waals surface area contributed by atoms with Crippen molar-refractivity contribution >= 4 is 16.7 Å². The molecule has 2 unspecified atom stereocenters. The molecule has 11 heteroatoms. The molecule has 2 aliphatic rings. The van der Waals surface area contributed by atoms with E-state index in [9.17, 15) is 23.1 Å². The van der Waals surface area contributed by atoms with Crippen molar-refractivity contribution in [2.75, 3.05) is 11.9 Å². The molecule has 0 radical (unpaired) electrons. The number of anilines is 1. The Morgan fingerprint density at radius 1 is 1.18 bits per heavy atom. The number of hydrogen-bond acceptors (Lipinski definition) is 7. The van der Waals surface area contributed by atoms with E-state index in [4.69, 9.17) is 0 Å². The van der Waals surface area contributed by atoms with Gasteiger partial charge in [-0.3, -0.25) is 9.36 Å². The predicted molar refractivity (Wildman–Crippen MR) is 121 cm³/mol. The lowest BCUT2D eigenvalue weighted by molar-refractivity contribution is -0.141. The van der Waals surface area contributed by atoms with E-state index in [1.807, 2.05) is 13.1 Å². The van der Waals surface area contributed by atoms with Gasteiger partial charge >= 0.3 is 6.18 Å². The van der Waals surface area contributed by atoms with E-state index < -0.39 is 18.3 Å². The Hall–Kier alpha value is -3.21. The second-order valence-electron chi connectivity index (χ2n) is 9.20. The molecule has 2 aromatic heterocycles. The summed E-state index contributed by atoms with van der Waals surface area (Å²) in [5.74, 6) is 0.379. The number of aryl methyl sites for hydroxylation is 1. The molecular weight excluding hydrogens is 449 g/mol. The van der Waals surface area contributed by atoms with Gasteiger partial charge in [0.25, 0.3) is 5.56 Å². The molecule has 34 heavy (non-hydrogen) atoms. The zero-order chi connectivity index (χ0) is 24.2. The minimum absolute atomic E-state index is 0.0644. The van der Waals surface area contributed by atoms with Crippen LogP contribution in [0.5, 0.6) is 5.75 Å². The topological polar surface area (TPSA) is 96.2 Å². The summed E-state index contributed by atoms with van der Waals surface area (Å²) in [5, 5.41) is 22.7.